The Kier molecular flexibility index (Phi) is 4.79. The molecular weight excluding hydrogens is 268 g/mol. The van der Waals surface area contributed by atoms with Crippen LogP contribution >= 0.6 is 0 Å². The number of amides is 2. The molecule has 0 heterocycles. The highest BCUT2D eigenvalue weighted by molar-refractivity contribution is 6.39. The molecule has 0 spiro atoms. The highest BCUT2D eigenvalue weighted by atomic mass is 16.5. The fraction of sp³-hybridized carbons (Fsp3) is 0.167. The van der Waals surface area contributed by atoms with Gasteiger partial charge < -0.3 is 20.5 Å². The average molecular weight is 280 g/mol. The molecule has 0 aliphatic heterocycles. The zero-order valence-corrected chi connectivity index (χ0v) is 10.8. The maximum Gasteiger partial charge on any atom is 0.339 e. The van der Waals surface area contributed by atoms with Crippen molar-refractivity contribution in [3.63, 3.8) is 0 Å². The largest absolute Gasteiger partial charge is 0.465 e. The SMILES string of the molecule is COC(=O)c1ccc(C(=O)OC)c(NC(=O)C(N)=O)c1. The van der Waals surface area contributed by atoms with Crippen LogP contribution in [0.3, 0.4) is 0 Å². The Morgan fingerprint density at radius 1 is 1.05 bits per heavy atom. The summed E-state index contributed by atoms with van der Waals surface area (Å²) in [5.74, 6) is -3.78. The fourth-order valence-corrected chi connectivity index (χ4v) is 1.36. The van der Waals surface area contributed by atoms with Crippen molar-refractivity contribution in [2.45, 2.75) is 0 Å². The summed E-state index contributed by atoms with van der Waals surface area (Å²) in [6.07, 6.45) is 0. The number of carbonyl (C=O) groups excluding carboxylic acids is 4. The molecule has 8 nitrogen and oxygen atoms in total. The van der Waals surface area contributed by atoms with Crippen LogP contribution in [0, 0.1) is 0 Å². The van der Waals surface area contributed by atoms with Crippen molar-refractivity contribution in [1.29, 1.82) is 0 Å². The summed E-state index contributed by atoms with van der Waals surface area (Å²) in [5, 5.41) is 2.12. The number of nitrogens with two attached hydrogens (primary N) is 1. The molecular formula is C12H12N2O6. The van der Waals surface area contributed by atoms with Crippen molar-refractivity contribution >= 4 is 29.4 Å². The number of esters is 2. The van der Waals surface area contributed by atoms with Gasteiger partial charge >= 0.3 is 23.8 Å². The number of nitrogens with one attached hydrogen (secondary N) is 1. The lowest BCUT2D eigenvalue weighted by Gasteiger charge is -2.10. The van der Waals surface area contributed by atoms with E-state index in [1.54, 1.807) is 0 Å². The molecule has 3 N–H and O–H groups in total. The van der Waals surface area contributed by atoms with Crippen LogP contribution in [0.1, 0.15) is 20.7 Å². The van der Waals surface area contributed by atoms with Gasteiger partial charge in [0.05, 0.1) is 31.0 Å². The molecule has 0 unspecified atom stereocenters. The Bertz CT molecular complexity index is 581. The molecule has 106 valence electrons. The van der Waals surface area contributed by atoms with E-state index in [1.807, 2.05) is 0 Å². The normalized spacial score (nSPS) is 9.50. The van der Waals surface area contributed by atoms with Gasteiger partial charge in [-0.2, -0.15) is 0 Å². The van der Waals surface area contributed by atoms with E-state index in [4.69, 9.17) is 5.73 Å². The molecule has 1 rings (SSSR count). The maximum absolute atomic E-state index is 11.5. The summed E-state index contributed by atoms with van der Waals surface area (Å²) in [6, 6.07) is 3.76. The first-order valence-corrected chi connectivity index (χ1v) is 5.32. The molecule has 0 bridgehead atoms. The molecule has 0 atom stereocenters. The summed E-state index contributed by atoms with van der Waals surface area (Å²) >= 11 is 0. The molecule has 0 saturated carbocycles. The first-order valence-electron chi connectivity index (χ1n) is 5.32. The zero-order chi connectivity index (χ0) is 15.3. The summed E-state index contributed by atoms with van der Waals surface area (Å²) < 4.78 is 9.03. The van der Waals surface area contributed by atoms with E-state index in [0.29, 0.717) is 0 Å². The molecule has 20 heavy (non-hydrogen) atoms. The Morgan fingerprint density at radius 3 is 2.15 bits per heavy atom. The number of rotatable bonds is 3. The van der Waals surface area contributed by atoms with Gasteiger partial charge in [0, 0.05) is 0 Å². The van der Waals surface area contributed by atoms with Crippen LogP contribution in [0.2, 0.25) is 0 Å². The van der Waals surface area contributed by atoms with Crippen LogP contribution in [-0.2, 0) is 19.1 Å². The number of primary amides is 1. The molecule has 0 fully saturated rings. The third-order valence-electron chi connectivity index (χ3n) is 2.32. The molecule has 2 amide bonds. The lowest BCUT2D eigenvalue weighted by molar-refractivity contribution is -0.134. The van der Waals surface area contributed by atoms with Crippen LogP contribution in [0.5, 0.6) is 0 Å². The minimum atomic E-state index is -1.23. The number of carbonyl (C=O) groups is 4. The van der Waals surface area contributed by atoms with Gasteiger partial charge in [-0.05, 0) is 18.2 Å². The Balaban J connectivity index is 3.25. The average Bonchev–Trinajstić information content (AvgIpc) is 2.45. The second-order valence-corrected chi connectivity index (χ2v) is 3.56. The summed E-state index contributed by atoms with van der Waals surface area (Å²) in [6.45, 7) is 0. The van der Waals surface area contributed by atoms with E-state index in [-0.39, 0.29) is 16.8 Å². The second-order valence-electron chi connectivity index (χ2n) is 3.56. The third kappa shape index (κ3) is 3.31. The van der Waals surface area contributed by atoms with Gasteiger partial charge in [-0.1, -0.05) is 0 Å². The fourth-order valence-electron chi connectivity index (χ4n) is 1.36. The monoisotopic (exact) mass is 280 g/mol. The molecule has 0 aromatic heterocycles. The summed E-state index contributed by atoms with van der Waals surface area (Å²) in [4.78, 5) is 44.9. The summed E-state index contributed by atoms with van der Waals surface area (Å²) in [7, 11) is 2.33. The van der Waals surface area contributed by atoms with E-state index in [2.05, 4.69) is 14.8 Å². The highest BCUT2D eigenvalue weighted by Gasteiger charge is 2.18. The quantitative estimate of drug-likeness (QED) is 0.577. The van der Waals surface area contributed by atoms with Crippen LogP contribution in [-0.4, -0.2) is 38.0 Å². The first kappa shape index (κ1) is 15.2. The molecule has 0 radical (unpaired) electrons. The van der Waals surface area contributed by atoms with Gasteiger partial charge in [0.1, 0.15) is 0 Å². The first-order chi connectivity index (χ1) is 9.40. The van der Waals surface area contributed by atoms with Gasteiger partial charge in [0.2, 0.25) is 0 Å². The number of methoxy groups -OCH3 is 2. The molecule has 8 heteroatoms. The lowest BCUT2D eigenvalue weighted by atomic mass is 10.1. The smallest absolute Gasteiger partial charge is 0.339 e. The highest BCUT2D eigenvalue weighted by Crippen LogP contribution is 2.19. The van der Waals surface area contributed by atoms with E-state index < -0.39 is 23.8 Å². The molecule has 1 aromatic rings. The minimum absolute atomic E-state index is 0.0326. The van der Waals surface area contributed by atoms with Crippen molar-refractivity contribution in [1.82, 2.24) is 0 Å². The number of ether oxygens (including phenoxy) is 2. The van der Waals surface area contributed by atoms with Crippen molar-refractivity contribution in [2.24, 2.45) is 5.73 Å². The number of benzene rings is 1. The van der Waals surface area contributed by atoms with Crippen molar-refractivity contribution < 1.29 is 28.7 Å². The summed E-state index contributed by atoms with van der Waals surface area (Å²) in [5.41, 5.74) is 4.78. The predicted molar refractivity (Wildman–Crippen MR) is 66.9 cm³/mol. The predicted octanol–water partition coefficient (Wildman–Crippen LogP) is -0.316. The molecule has 0 aliphatic carbocycles. The van der Waals surface area contributed by atoms with Crippen LogP contribution < -0.4 is 11.1 Å². The van der Waals surface area contributed by atoms with E-state index >= 15 is 0 Å². The molecule has 0 aliphatic rings. The van der Waals surface area contributed by atoms with Gasteiger partial charge in [0.25, 0.3) is 0 Å². The minimum Gasteiger partial charge on any atom is -0.465 e. The number of hydrogen-bond acceptors (Lipinski definition) is 6. The lowest BCUT2D eigenvalue weighted by Crippen LogP contribution is -2.30. The molecule has 0 saturated heterocycles. The van der Waals surface area contributed by atoms with Gasteiger partial charge in [-0.15, -0.1) is 0 Å². The third-order valence-corrected chi connectivity index (χ3v) is 2.32. The Hall–Kier alpha value is -2.90. The van der Waals surface area contributed by atoms with Crippen molar-refractivity contribution in [3.05, 3.63) is 29.3 Å². The topological polar surface area (TPSA) is 125 Å². The number of anilines is 1. The van der Waals surface area contributed by atoms with Crippen molar-refractivity contribution in [3.8, 4) is 0 Å². The van der Waals surface area contributed by atoms with Crippen LogP contribution in [0.25, 0.3) is 0 Å². The van der Waals surface area contributed by atoms with Crippen LogP contribution in [0.15, 0.2) is 18.2 Å². The second kappa shape index (κ2) is 6.32. The van der Waals surface area contributed by atoms with Crippen LogP contribution in [0.4, 0.5) is 5.69 Å². The standard InChI is InChI=1S/C12H12N2O6/c1-19-11(17)6-3-4-7(12(18)20-2)8(5-6)14-10(16)9(13)15/h3-5H,1-2H3,(H2,13,15)(H,14,16). The van der Waals surface area contributed by atoms with Gasteiger partial charge in [-0.25, -0.2) is 9.59 Å². The van der Waals surface area contributed by atoms with E-state index in [9.17, 15) is 19.2 Å². The number of hydrogen-bond donors (Lipinski definition) is 2. The zero-order valence-electron chi connectivity index (χ0n) is 10.8. The van der Waals surface area contributed by atoms with E-state index in [1.165, 1.54) is 25.3 Å². The van der Waals surface area contributed by atoms with Gasteiger partial charge in [-0.3, -0.25) is 9.59 Å². The van der Waals surface area contributed by atoms with Crippen molar-refractivity contribution in [2.75, 3.05) is 19.5 Å². The maximum atomic E-state index is 11.5. The Morgan fingerprint density at radius 2 is 1.65 bits per heavy atom. The molecule has 1 aromatic carbocycles. The van der Waals surface area contributed by atoms with E-state index in [0.717, 1.165) is 7.11 Å². The van der Waals surface area contributed by atoms with Gasteiger partial charge in [0.15, 0.2) is 0 Å². The Labute approximate surface area is 113 Å².